The molecular weight excluding hydrogens is 520 g/mol. The van der Waals surface area contributed by atoms with E-state index in [1.807, 2.05) is 51.1 Å². The highest BCUT2D eigenvalue weighted by molar-refractivity contribution is 8.01. The Kier molecular flexibility index (Phi) is 10.3. The number of anilines is 2. The van der Waals surface area contributed by atoms with E-state index in [0.29, 0.717) is 28.8 Å². The van der Waals surface area contributed by atoms with Gasteiger partial charge in [-0.25, -0.2) is 9.97 Å². The van der Waals surface area contributed by atoms with Crippen molar-refractivity contribution in [2.24, 2.45) is 0 Å². The molecule has 0 aliphatic carbocycles. The Hall–Kier alpha value is -3.88. The average Bonchev–Trinajstić information content (AvgIpc) is 3.40. The molecule has 9 nitrogen and oxygen atoms in total. The minimum absolute atomic E-state index is 0.117. The lowest BCUT2D eigenvalue weighted by Crippen LogP contribution is -2.55. The Morgan fingerprint density at radius 2 is 2.08 bits per heavy atom. The number of methoxy groups -OCH3 is 1. The molecule has 2 aromatic heterocycles. The number of benzene rings is 1. The van der Waals surface area contributed by atoms with Crippen molar-refractivity contribution in [3.8, 4) is 11.8 Å². The van der Waals surface area contributed by atoms with Gasteiger partial charge in [-0.05, 0) is 42.8 Å². The number of ether oxygens (including phenoxy) is 1. The predicted octanol–water partition coefficient (Wildman–Crippen LogP) is 5.14. The van der Waals surface area contributed by atoms with Gasteiger partial charge in [0.15, 0.2) is 5.13 Å². The maximum atomic E-state index is 13.5. The SMILES string of the molecule is C=CC(=O)N1CCN(C(=O)c2cc(Sc3cnc(Nc4ccccn4)s3)c(C)cc2OC)C[C@H]1C#N.CC. The highest BCUT2D eigenvalue weighted by Crippen LogP contribution is 2.39. The second-order valence-corrected chi connectivity index (χ2v) is 10.2. The normalized spacial score (nSPS) is 14.6. The molecule has 0 spiro atoms. The number of nitrogens with one attached hydrogen (secondary N) is 1. The number of piperazine rings is 1. The number of nitriles is 1. The molecule has 1 atom stereocenters. The maximum absolute atomic E-state index is 13.5. The van der Waals surface area contributed by atoms with E-state index in [1.165, 1.54) is 41.2 Å². The average molecular weight is 551 g/mol. The van der Waals surface area contributed by atoms with E-state index >= 15 is 0 Å². The molecule has 2 amide bonds. The van der Waals surface area contributed by atoms with Gasteiger partial charge in [-0.3, -0.25) is 9.59 Å². The van der Waals surface area contributed by atoms with Crippen LogP contribution in [0.2, 0.25) is 0 Å². The number of rotatable bonds is 7. The molecule has 1 fully saturated rings. The zero-order valence-corrected chi connectivity index (χ0v) is 23.4. The Bertz CT molecular complexity index is 1320. The summed E-state index contributed by atoms with van der Waals surface area (Å²) < 4.78 is 6.46. The summed E-state index contributed by atoms with van der Waals surface area (Å²) in [6.07, 6.45) is 4.67. The summed E-state index contributed by atoms with van der Waals surface area (Å²) in [7, 11) is 1.52. The van der Waals surface area contributed by atoms with Gasteiger partial charge in [0.1, 0.15) is 17.6 Å². The number of carbonyl (C=O) groups excluding carboxylic acids is 2. The van der Waals surface area contributed by atoms with Crippen LogP contribution in [0.15, 0.2) is 64.5 Å². The van der Waals surface area contributed by atoms with Crippen LogP contribution in [0.3, 0.4) is 0 Å². The van der Waals surface area contributed by atoms with Crippen molar-refractivity contribution in [2.45, 2.75) is 35.9 Å². The zero-order chi connectivity index (χ0) is 27.7. The minimum atomic E-state index is -0.735. The van der Waals surface area contributed by atoms with Crippen LogP contribution >= 0.6 is 23.1 Å². The first-order chi connectivity index (χ1) is 18.4. The molecule has 0 unspecified atom stereocenters. The van der Waals surface area contributed by atoms with Gasteiger partial charge in [-0.1, -0.05) is 49.6 Å². The van der Waals surface area contributed by atoms with Gasteiger partial charge in [-0.2, -0.15) is 5.26 Å². The lowest BCUT2D eigenvalue weighted by Gasteiger charge is -2.38. The van der Waals surface area contributed by atoms with Crippen molar-refractivity contribution in [3.63, 3.8) is 0 Å². The number of hydrogen-bond donors (Lipinski definition) is 1. The predicted molar refractivity (Wildman–Crippen MR) is 150 cm³/mol. The molecule has 4 rings (SSSR count). The summed E-state index contributed by atoms with van der Waals surface area (Å²) in [5, 5.41) is 13.5. The van der Waals surface area contributed by atoms with E-state index in [9.17, 15) is 14.9 Å². The number of carbonyl (C=O) groups is 2. The molecule has 1 saturated heterocycles. The van der Waals surface area contributed by atoms with Crippen molar-refractivity contribution in [1.29, 1.82) is 5.26 Å². The van der Waals surface area contributed by atoms with E-state index in [4.69, 9.17) is 4.74 Å². The molecule has 38 heavy (non-hydrogen) atoms. The standard InChI is InChI=1S/C25H24N6O3S2.C2H6/c1-4-22(32)31-10-9-30(15-17(31)13-26)24(33)18-12-20(16(2)11-19(18)34-3)35-23-14-28-25(36-23)29-21-7-5-6-8-27-21;1-2/h4-8,11-12,14,17H,1,9-10,15H2,2-3H3,(H,27,28,29);1-2H3/t17-;/m1./s1. The van der Waals surface area contributed by atoms with Crippen LogP contribution < -0.4 is 10.1 Å². The smallest absolute Gasteiger partial charge is 0.257 e. The van der Waals surface area contributed by atoms with Crippen molar-refractivity contribution >= 4 is 45.9 Å². The van der Waals surface area contributed by atoms with E-state index in [1.54, 1.807) is 17.3 Å². The number of pyridine rings is 1. The van der Waals surface area contributed by atoms with Crippen LogP contribution in [0, 0.1) is 18.3 Å². The fraction of sp³-hybridized carbons (Fsp3) is 0.296. The van der Waals surface area contributed by atoms with Gasteiger partial charge in [0.2, 0.25) is 5.91 Å². The molecule has 0 saturated carbocycles. The van der Waals surface area contributed by atoms with Gasteiger partial charge in [-0.15, -0.1) is 0 Å². The van der Waals surface area contributed by atoms with Gasteiger partial charge in [0.05, 0.1) is 35.7 Å². The van der Waals surface area contributed by atoms with Crippen LogP contribution in [-0.2, 0) is 4.79 Å². The Labute approximate surface area is 231 Å². The topological polar surface area (TPSA) is 111 Å². The molecule has 1 aliphatic heterocycles. The van der Waals surface area contributed by atoms with Crippen molar-refractivity contribution in [2.75, 3.05) is 32.1 Å². The van der Waals surface area contributed by atoms with Gasteiger partial charge in [0.25, 0.3) is 5.91 Å². The first-order valence-corrected chi connectivity index (χ1v) is 13.7. The van der Waals surface area contributed by atoms with Gasteiger partial charge in [0, 0.05) is 24.2 Å². The number of aryl methyl sites for hydroxylation is 1. The summed E-state index contributed by atoms with van der Waals surface area (Å²) in [4.78, 5) is 38.1. The number of nitrogens with zero attached hydrogens (tertiary/aromatic N) is 5. The zero-order valence-electron chi connectivity index (χ0n) is 21.8. The fourth-order valence-electron chi connectivity index (χ4n) is 3.76. The quantitative estimate of drug-likeness (QED) is 0.403. The fourth-order valence-corrected chi connectivity index (χ4v) is 5.70. The molecule has 0 radical (unpaired) electrons. The van der Waals surface area contributed by atoms with Crippen molar-refractivity contribution in [3.05, 3.63) is 66.5 Å². The third kappa shape index (κ3) is 6.70. The lowest BCUT2D eigenvalue weighted by atomic mass is 10.1. The molecule has 1 aromatic carbocycles. The molecule has 0 bridgehead atoms. The first-order valence-electron chi connectivity index (χ1n) is 12.1. The molecule has 198 valence electrons. The second kappa shape index (κ2) is 13.6. The number of aromatic nitrogens is 2. The van der Waals surface area contributed by atoms with Gasteiger partial charge >= 0.3 is 0 Å². The highest BCUT2D eigenvalue weighted by atomic mass is 32.2. The molecular formula is C27H30N6O3S2. The summed E-state index contributed by atoms with van der Waals surface area (Å²) >= 11 is 2.99. The number of hydrogen-bond acceptors (Lipinski definition) is 9. The number of amides is 2. The monoisotopic (exact) mass is 550 g/mol. The third-order valence-corrected chi connectivity index (χ3v) is 7.77. The summed E-state index contributed by atoms with van der Waals surface area (Å²) in [6.45, 7) is 10.1. The molecule has 1 aliphatic rings. The van der Waals surface area contributed by atoms with Crippen LogP contribution in [0.4, 0.5) is 10.9 Å². The van der Waals surface area contributed by atoms with Crippen LogP contribution in [0.5, 0.6) is 5.75 Å². The van der Waals surface area contributed by atoms with E-state index < -0.39 is 6.04 Å². The van der Waals surface area contributed by atoms with E-state index in [0.717, 1.165) is 14.7 Å². The maximum Gasteiger partial charge on any atom is 0.257 e. The summed E-state index contributed by atoms with van der Waals surface area (Å²) in [5.41, 5.74) is 1.36. The lowest BCUT2D eigenvalue weighted by molar-refractivity contribution is -0.129. The third-order valence-electron chi connectivity index (χ3n) is 5.60. The first kappa shape index (κ1) is 28.7. The summed E-state index contributed by atoms with van der Waals surface area (Å²) in [6, 6.07) is 10.6. The highest BCUT2D eigenvalue weighted by Gasteiger charge is 2.33. The van der Waals surface area contributed by atoms with Crippen LogP contribution in [-0.4, -0.2) is 64.4 Å². The van der Waals surface area contributed by atoms with Crippen molar-refractivity contribution in [1.82, 2.24) is 19.8 Å². The molecule has 3 heterocycles. The van der Waals surface area contributed by atoms with Gasteiger partial charge < -0.3 is 19.9 Å². The molecule has 11 heteroatoms. The van der Waals surface area contributed by atoms with E-state index in [-0.39, 0.29) is 24.9 Å². The molecule has 1 N–H and O–H groups in total. The van der Waals surface area contributed by atoms with E-state index in [2.05, 4.69) is 27.9 Å². The largest absolute Gasteiger partial charge is 0.496 e. The van der Waals surface area contributed by atoms with Crippen molar-refractivity contribution < 1.29 is 14.3 Å². The van der Waals surface area contributed by atoms with Crippen LogP contribution in [0.25, 0.3) is 0 Å². The Balaban J connectivity index is 0.00000195. The molecule has 3 aromatic rings. The Morgan fingerprint density at radius 1 is 1.29 bits per heavy atom. The summed E-state index contributed by atoms with van der Waals surface area (Å²) in [5.74, 6) is 0.604. The second-order valence-electron chi connectivity index (χ2n) is 7.88. The Morgan fingerprint density at radius 3 is 2.74 bits per heavy atom. The number of thiazole rings is 1. The van der Waals surface area contributed by atoms with Crippen LogP contribution in [0.1, 0.15) is 29.8 Å². The minimum Gasteiger partial charge on any atom is -0.496 e.